The zero-order valence-electron chi connectivity index (χ0n) is 14.6. The van der Waals surface area contributed by atoms with E-state index in [-0.39, 0.29) is 5.56 Å². The summed E-state index contributed by atoms with van der Waals surface area (Å²) in [5.41, 5.74) is 1.08. The van der Waals surface area contributed by atoms with E-state index in [0.29, 0.717) is 11.0 Å². The predicted octanol–water partition coefficient (Wildman–Crippen LogP) is 3.38. The molecule has 1 aromatic rings. The lowest BCUT2D eigenvalue weighted by molar-refractivity contribution is 0.00578. The van der Waals surface area contributed by atoms with Gasteiger partial charge in [0.1, 0.15) is 0 Å². The van der Waals surface area contributed by atoms with E-state index in [2.05, 4.69) is 21.2 Å². The molecule has 1 aromatic carbocycles. The summed E-state index contributed by atoms with van der Waals surface area (Å²) < 4.78 is 12.7. The minimum atomic E-state index is -0.970. The predicted molar refractivity (Wildman–Crippen MR) is 99.1 cm³/mol. The molecule has 1 aliphatic heterocycles. The van der Waals surface area contributed by atoms with Crippen LogP contribution in [0.1, 0.15) is 43.6 Å². The Morgan fingerprint density at radius 3 is 2.38 bits per heavy atom. The van der Waals surface area contributed by atoms with Gasteiger partial charge in [0.2, 0.25) is 0 Å². The first kappa shape index (κ1) is 19.2. The van der Waals surface area contributed by atoms with Crippen LogP contribution in [0.3, 0.4) is 0 Å². The fourth-order valence-corrected chi connectivity index (χ4v) is 2.83. The highest BCUT2D eigenvalue weighted by Crippen LogP contribution is 2.38. The number of aromatic carboxylic acids is 1. The molecule has 1 aliphatic rings. The van der Waals surface area contributed by atoms with Gasteiger partial charge in [0.15, 0.2) is 0 Å². The summed E-state index contributed by atoms with van der Waals surface area (Å²) in [6, 6.07) is 5.22. The van der Waals surface area contributed by atoms with E-state index in [1.165, 1.54) is 0 Å². The van der Waals surface area contributed by atoms with Crippen LogP contribution < -0.4 is 5.32 Å². The van der Waals surface area contributed by atoms with E-state index in [1.807, 2.05) is 46.9 Å². The number of carbonyl (C=O) groups is 1. The van der Waals surface area contributed by atoms with Crippen molar-refractivity contribution in [2.24, 2.45) is 0 Å². The molecule has 1 heterocycles. The van der Waals surface area contributed by atoms with Crippen LogP contribution in [-0.2, 0) is 9.31 Å². The van der Waals surface area contributed by atoms with E-state index < -0.39 is 24.3 Å². The van der Waals surface area contributed by atoms with Crippen LogP contribution in [-0.4, -0.2) is 43.0 Å². The Balaban J connectivity index is 2.37. The van der Waals surface area contributed by atoms with Crippen molar-refractivity contribution >= 4 is 35.1 Å². The molecule has 24 heavy (non-hydrogen) atoms. The molecule has 0 aliphatic carbocycles. The van der Waals surface area contributed by atoms with Gasteiger partial charge >= 0.3 is 13.1 Å². The highest BCUT2D eigenvalue weighted by molar-refractivity contribution is 9.10. The molecule has 7 heteroatoms. The first-order valence-corrected chi connectivity index (χ1v) is 8.60. The first-order valence-electron chi connectivity index (χ1n) is 7.81. The number of carboxylic acid groups (broad SMARTS) is 1. The summed E-state index contributed by atoms with van der Waals surface area (Å²) in [5.74, 6) is -0.970. The van der Waals surface area contributed by atoms with Crippen LogP contribution in [0.2, 0.25) is 0 Å². The molecule has 0 spiro atoms. The third kappa shape index (κ3) is 3.91. The number of benzene rings is 1. The zero-order chi connectivity index (χ0) is 18.1. The molecule has 0 atom stereocenters. The summed E-state index contributed by atoms with van der Waals surface area (Å²) in [6.45, 7) is 8.60. The number of carboxylic acids is 1. The van der Waals surface area contributed by atoms with Crippen LogP contribution in [0.25, 0.3) is 6.08 Å². The summed E-state index contributed by atoms with van der Waals surface area (Å²) in [4.78, 5) is 11.3. The Morgan fingerprint density at radius 2 is 1.88 bits per heavy atom. The highest BCUT2D eigenvalue weighted by Gasteiger charge is 2.52. The van der Waals surface area contributed by atoms with E-state index in [9.17, 15) is 9.90 Å². The Hall–Kier alpha value is -1.15. The number of hydrogen-bond donors (Lipinski definition) is 2. The molecule has 2 N–H and O–H groups in total. The summed E-state index contributed by atoms with van der Waals surface area (Å²) >= 11 is 3.26. The molecule has 0 unspecified atom stereocenters. The van der Waals surface area contributed by atoms with Gasteiger partial charge < -0.3 is 19.7 Å². The molecular weight excluding hydrogens is 373 g/mol. The molecule has 1 saturated heterocycles. The lowest BCUT2D eigenvalue weighted by Gasteiger charge is -2.32. The van der Waals surface area contributed by atoms with Gasteiger partial charge in [0.25, 0.3) is 0 Å². The average molecular weight is 396 g/mol. The average Bonchev–Trinajstić information content (AvgIpc) is 2.68. The van der Waals surface area contributed by atoms with Gasteiger partial charge in [-0.3, -0.25) is 0 Å². The minimum Gasteiger partial charge on any atom is -0.478 e. The Bertz CT molecular complexity index is 657. The third-order valence-corrected chi connectivity index (χ3v) is 5.20. The van der Waals surface area contributed by atoms with Crippen LogP contribution in [0.4, 0.5) is 0 Å². The van der Waals surface area contributed by atoms with Crippen LogP contribution in [0, 0.1) is 0 Å². The second kappa shape index (κ2) is 7.00. The van der Waals surface area contributed by atoms with Gasteiger partial charge in [-0.05, 0) is 73.8 Å². The maximum atomic E-state index is 11.3. The van der Waals surface area contributed by atoms with Gasteiger partial charge in [0.05, 0.1) is 16.8 Å². The van der Waals surface area contributed by atoms with E-state index in [4.69, 9.17) is 9.31 Å². The monoisotopic (exact) mass is 395 g/mol. The first-order chi connectivity index (χ1) is 11.1. The number of halogens is 1. The van der Waals surface area contributed by atoms with Crippen LogP contribution in [0.15, 0.2) is 28.1 Å². The van der Waals surface area contributed by atoms with Crippen molar-refractivity contribution in [2.75, 3.05) is 13.6 Å². The molecule has 0 aromatic heterocycles. The molecule has 0 saturated carbocycles. The number of rotatable bonds is 5. The molecule has 0 amide bonds. The lowest BCUT2D eigenvalue weighted by atomic mass is 9.77. The van der Waals surface area contributed by atoms with E-state index >= 15 is 0 Å². The van der Waals surface area contributed by atoms with Gasteiger partial charge in [0, 0.05) is 11.0 Å². The maximum absolute atomic E-state index is 11.3. The summed E-state index contributed by atoms with van der Waals surface area (Å²) in [5, 5.41) is 12.4. The van der Waals surface area contributed by atoms with Crippen molar-refractivity contribution in [1.29, 1.82) is 0 Å². The summed E-state index contributed by atoms with van der Waals surface area (Å²) in [6.07, 6.45) is 1.91. The molecule has 1 fully saturated rings. The largest absolute Gasteiger partial charge is 0.491 e. The molecule has 5 nitrogen and oxygen atoms in total. The van der Waals surface area contributed by atoms with Crippen LogP contribution in [0.5, 0.6) is 0 Å². The van der Waals surface area contributed by atoms with E-state index in [1.54, 1.807) is 12.1 Å². The normalized spacial score (nSPS) is 19.6. The second-order valence-electron chi connectivity index (χ2n) is 6.88. The van der Waals surface area contributed by atoms with Crippen molar-refractivity contribution in [3.63, 3.8) is 0 Å². The molecule has 2 rings (SSSR count). The highest BCUT2D eigenvalue weighted by atomic mass is 79.9. The standard InChI is InChI=1S/C17H23BBrNO4/c1-16(2)17(3,4)24-18(23-16)12(10-20-5)8-11-6-7-14(19)13(9-11)15(21)22/h6-9,20H,10H2,1-5H3,(H,21,22). The lowest BCUT2D eigenvalue weighted by Crippen LogP contribution is -2.41. The third-order valence-electron chi connectivity index (χ3n) is 4.51. The summed E-state index contributed by atoms with van der Waals surface area (Å²) in [7, 11) is 1.38. The SMILES string of the molecule is CNCC(=Cc1ccc(Br)c(C(=O)O)c1)B1OC(C)(C)C(C)(C)O1. The van der Waals surface area contributed by atoms with Gasteiger partial charge in [-0.25, -0.2) is 4.79 Å². The van der Waals surface area contributed by atoms with Gasteiger partial charge in [-0.1, -0.05) is 12.1 Å². The van der Waals surface area contributed by atoms with Crippen molar-refractivity contribution < 1.29 is 19.2 Å². The minimum absolute atomic E-state index is 0.224. The van der Waals surface area contributed by atoms with E-state index in [0.717, 1.165) is 11.0 Å². The van der Waals surface area contributed by atoms with Crippen molar-refractivity contribution in [3.05, 3.63) is 39.3 Å². The van der Waals surface area contributed by atoms with Gasteiger partial charge in [-0.2, -0.15) is 0 Å². The maximum Gasteiger partial charge on any atom is 0.491 e. The Kier molecular flexibility index (Phi) is 5.59. The second-order valence-corrected chi connectivity index (χ2v) is 7.74. The molecular formula is C17H23BBrNO4. The zero-order valence-corrected chi connectivity index (χ0v) is 16.2. The quantitative estimate of drug-likeness (QED) is 0.748. The number of hydrogen-bond acceptors (Lipinski definition) is 4. The van der Waals surface area contributed by atoms with Crippen molar-refractivity contribution in [1.82, 2.24) is 5.32 Å². The van der Waals surface area contributed by atoms with Crippen molar-refractivity contribution in [3.8, 4) is 0 Å². The molecule has 130 valence electrons. The Labute approximate surface area is 151 Å². The fraction of sp³-hybridized carbons (Fsp3) is 0.471. The molecule has 0 radical (unpaired) electrons. The topological polar surface area (TPSA) is 67.8 Å². The van der Waals surface area contributed by atoms with Crippen LogP contribution >= 0.6 is 15.9 Å². The number of likely N-dealkylation sites (N-methyl/N-ethyl adjacent to an activating group) is 1. The van der Waals surface area contributed by atoms with Crippen molar-refractivity contribution in [2.45, 2.75) is 38.9 Å². The smallest absolute Gasteiger partial charge is 0.478 e. The van der Waals surface area contributed by atoms with Gasteiger partial charge in [-0.15, -0.1) is 0 Å². The number of nitrogens with one attached hydrogen (secondary N) is 1. The Morgan fingerprint density at radius 1 is 1.29 bits per heavy atom. The fourth-order valence-electron chi connectivity index (χ4n) is 2.41. The molecule has 0 bridgehead atoms.